The normalized spacial score (nSPS) is 29.8. The minimum absolute atomic E-state index is 0.272. The highest BCUT2D eigenvalue weighted by molar-refractivity contribution is 6.30. The Morgan fingerprint density at radius 3 is 2.54 bits per heavy atom. The lowest BCUT2D eigenvalue weighted by molar-refractivity contribution is -0.123. The van der Waals surface area contributed by atoms with Gasteiger partial charge < -0.3 is 5.32 Å². The number of nitriles is 2. The zero-order valence-corrected chi connectivity index (χ0v) is 15.8. The summed E-state index contributed by atoms with van der Waals surface area (Å²) in [5.74, 6) is -0.272. The molecule has 3 aliphatic heterocycles. The number of fused-ring (bicyclic) bond motifs is 3. The maximum Gasteiger partial charge on any atom is 0.239 e. The first-order valence-electron chi connectivity index (χ1n) is 9.35. The van der Waals surface area contributed by atoms with Gasteiger partial charge in [-0.15, -0.1) is 0 Å². The first-order chi connectivity index (χ1) is 13.6. The maximum atomic E-state index is 13.6. The van der Waals surface area contributed by atoms with Crippen LogP contribution in [0.4, 0.5) is 5.69 Å². The molecule has 5 rings (SSSR count). The summed E-state index contributed by atoms with van der Waals surface area (Å²) in [6.07, 6.45) is 1.63. The molecule has 0 aromatic heterocycles. The van der Waals surface area contributed by atoms with Crippen LogP contribution in [0.15, 0.2) is 48.5 Å². The third-order valence-corrected chi connectivity index (χ3v) is 6.91. The number of benzene rings is 2. The van der Waals surface area contributed by atoms with Gasteiger partial charge in [0.1, 0.15) is 5.41 Å². The van der Waals surface area contributed by atoms with Gasteiger partial charge in [-0.25, -0.2) is 0 Å². The molecule has 2 fully saturated rings. The van der Waals surface area contributed by atoms with Crippen LogP contribution in [0, 0.1) is 28.1 Å². The summed E-state index contributed by atoms with van der Waals surface area (Å²) in [5.41, 5.74) is -0.438. The van der Waals surface area contributed by atoms with Gasteiger partial charge in [-0.1, -0.05) is 41.9 Å². The second kappa shape index (κ2) is 5.82. The molecule has 3 atom stereocenters. The molecule has 3 aliphatic rings. The highest BCUT2D eigenvalue weighted by atomic mass is 35.5. The van der Waals surface area contributed by atoms with E-state index in [4.69, 9.17) is 11.6 Å². The Kier molecular flexibility index (Phi) is 3.58. The predicted octanol–water partition coefficient (Wildman–Crippen LogP) is 3.78. The molecule has 1 amide bonds. The SMILES string of the molecule is N#CC1(C#N)C2CCCN2[C@@H](c2ccc(Cl)cc2)[C@@]12C(=O)Nc1ccccc12. The van der Waals surface area contributed by atoms with Crippen LogP contribution < -0.4 is 5.32 Å². The molecule has 0 radical (unpaired) electrons. The van der Waals surface area contributed by atoms with Crippen LogP contribution in [-0.2, 0) is 10.2 Å². The Labute approximate surface area is 168 Å². The molecule has 138 valence electrons. The van der Waals surface area contributed by atoms with Gasteiger partial charge in [-0.3, -0.25) is 9.69 Å². The smallest absolute Gasteiger partial charge is 0.239 e. The number of hydrogen-bond donors (Lipinski definition) is 1. The maximum absolute atomic E-state index is 13.6. The van der Waals surface area contributed by atoms with E-state index in [1.54, 1.807) is 12.1 Å². The van der Waals surface area contributed by atoms with Crippen molar-refractivity contribution in [2.45, 2.75) is 30.3 Å². The molecule has 1 N–H and O–H groups in total. The largest absolute Gasteiger partial charge is 0.325 e. The quantitative estimate of drug-likeness (QED) is 0.806. The number of para-hydroxylation sites is 1. The molecule has 0 saturated carbocycles. The average molecular weight is 389 g/mol. The lowest BCUT2D eigenvalue weighted by Gasteiger charge is -2.37. The summed E-state index contributed by atoms with van der Waals surface area (Å²) in [6, 6.07) is 18.8. The van der Waals surface area contributed by atoms with Gasteiger partial charge in [0.15, 0.2) is 5.41 Å². The number of carbonyl (C=O) groups excluding carboxylic acids is 1. The molecule has 0 aliphatic carbocycles. The lowest BCUT2D eigenvalue weighted by Crippen LogP contribution is -2.51. The second-order valence-electron chi connectivity index (χ2n) is 7.69. The minimum Gasteiger partial charge on any atom is -0.325 e. The zero-order chi connectivity index (χ0) is 19.5. The standard InChI is InChI=1S/C22H17ClN4O/c23-15-9-7-14(8-10-15)19-22(16-4-1-2-5-17(16)26-20(22)28)21(12-24,13-25)18-6-3-11-27(18)19/h1-2,4-5,7-10,18-19H,3,6,11H2,(H,26,28)/t18?,19-,22-/m0/s1. The molecule has 1 unspecified atom stereocenters. The summed E-state index contributed by atoms with van der Waals surface area (Å²) in [4.78, 5) is 15.8. The van der Waals surface area contributed by atoms with E-state index in [1.807, 2.05) is 36.4 Å². The fourth-order valence-corrected chi connectivity index (χ4v) is 5.80. The van der Waals surface area contributed by atoms with Crippen molar-refractivity contribution >= 4 is 23.2 Å². The van der Waals surface area contributed by atoms with E-state index in [0.29, 0.717) is 10.7 Å². The Balaban J connectivity index is 1.87. The van der Waals surface area contributed by atoms with E-state index < -0.39 is 16.9 Å². The second-order valence-corrected chi connectivity index (χ2v) is 8.13. The fraction of sp³-hybridized carbons (Fsp3) is 0.318. The van der Waals surface area contributed by atoms with E-state index in [0.717, 1.165) is 30.5 Å². The number of rotatable bonds is 1. The number of amides is 1. The van der Waals surface area contributed by atoms with Gasteiger partial charge in [0.05, 0.1) is 18.2 Å². The number of nitrogens with zero attached hydrogens (tertiary/aromatic N) is 3. The Morgan fingerprint density at radius 1 is 1.11 bits per heavy atom. The van der Waals surface area contributed by atoms with E-state index in [1.165, 1.54) is 0 Å². The van der Waals surface area contributed by atoms with E-state index in [9.17, 15) is 15.3 Å². The summed E-state index contributed by atoms with van der Waals surface area (Å²) in [6.45, 7) is 0.750. The topological polar surface area (TPSA) is 79.9 Å². The summed E-state index contributed by atoms with van der Waals surface area (Å²) < 4.78 is 0. The number of halogens is 1. The number of anilines is 1. The van der Waals surface area contributed by atoms with Crippen LogP contribution in [0.5, 0.6) is 0 Å². The minimum atomic E-state index is -1.47. The lowest BCUT2D eigenvalue weighted by atomic mass is 9.57. The number of hydrogen-bond acceptors (Lipinski definition) is 4. The van der Waals surface area contributed by atoms with Gasteiger partial charge in [0.2, 0.25) is 5.91 Å². The summed E-state index contributed by atoms with van der Waals surface area (Å²) in [5, 5.41) is 24.3. The van der Waals surface area contributed by atoms with Crippen molar-refractivity contribution in [2.75, 3.05) is 11.9 Å². The van der Waals surface area contributed by atoms with Gasteiger partial charge in [0.25, 0.3) is 0 Å². The van der Waals surface area contributed by atoms with Crippen LogP contribution in [0.1, 0.15) is 30.0 Å². The molecule has 6 heteroatoms. The van der Waals surface area contributed by atoms with Crippen molar-refractivity contribution in [3.05, 3.63) is 64.7 Å². The fourth-order valence-electron chi connectivity index (χ4n) is 5.67. The zero-order valence-electron chi connectivity index (χ0n) is 15.0. The van der Waals surface area contributed by atoms with Crippen molar-refractivity contribution in [1.29, 1.82) is 10.5 Å². The first-order valence-corrected chi connectivity index (χ1v) is 9.72. The molecule has 28 heavy (non-hydrogen) atoms. The highest BCUT2D eigenvalue weighted by Gasteiger charge is 2.76. The van der Waals surface area contributed by atoms with Crippen LogP contribution in [-0.4, -0.2) is 23.4 Å². The summed E-state index contributed by atoms with van der Waals surface area (Å²) in [7, 11) is 0. The Hall–Kier alpha value is -2.86. The molecule has 5 nitrogen and oxygen atoms in total. The molecule has 0 bridgehead atoms. The monoisotopic (exact) mass is 388 g/mol. The van der Waals surface area contributed by atoms with Crippen molar-refractivity contribution < 1.29 is 4.79 Å². The van der Waals surface area contributed by atoms with Crippen LogP contribution >= 0.6 is 11.6 Å². The van der Waals surface area contributed by atoms with Crippen molar-refractivity contribution in [3.8, 4) is 12.1 Å². The average Bonchev–Trinajstić information content (AvgIpc) is 3.36. The van der Waals surface area contributed by atoms with Crippen molar-refractivity contribution in [1.82, 2.24) is 4.90 Å². The molecular weight excluding hydrogens is 372 g/mol. The Bertz CT molecular complexity index is 1050. The van der Waals surface area contributed by atoms with Crippen LogP contribution in [0.3, 0.4) is 0 Å². The molecular formula is C22H17ClN4O. The third kappa shape index (κ3) is 1.81. The van der Waals surface area contributed by atoms with Gasteiger partial charge in [-0.05, 0) is 48.7 Å². The van der Waals surface area contributed by atoms with Crippen LogP contribution in [0.25, 0.3) is 0 Å². The van der Waals surface area contributed by atoms with Gasteiger partial charge >= 0.3 is 0 Å². The van der Waals surface area contributed by atoms with E-state index in [2.05, 4.69) is 22.4 Å². The predicted molar refractivity (Wildman–Crippen MR) is 104 cm³/mol. The summed E-state index contributed by atoms with van der Waals surface area (Å²) >= 11 is 6.10. The number of nitrogens with one attached hydrogen (secondary N) is 1. The Morgan fingerprint density at radius 2 is 1.82 bits per heavy atom. The third-order valence-electron chi connectivity index (χ3n) is 6.65. The van der Waals surface area contributed by atoms with Crippen molar-refractivity contribution in [2.24, 2.45) is 5.41 Å². The van der Waals surface area contributed by atoms with Crippen molar-refractivity contribution in [3.63, 3.8) is 0 Å². The van der Waals surface area contributed by atoms with E-state index >= 15 is 0 Å². The van der Waals surface area contributed by atoms with E-state index in [-0.39, 0.29) is 11.9 Å². The number of carbonyl (C=O) groups is 1. The molecule has 2 aromatic carbocycles. The van der Waals surface area contributed by atoms with Gasteiger partial charge in [0, 0.05) is 16.8 Å². The highest BCUT2D eigenvalue weighted by Crippen LogP contribution is 2.66. The molecule has 3 heterocycles. The first kappa shape index (κ1) is 17.3. The molecule has 2 saturated heterocycles. The van der Waals surface area contributed by atoms with Gasteiger partial charge in [-0.2, -0.15) is 10.5 Å². The van der Waals surface area contributed by atoms with Crippen LogP contribution in [0.2, 0.25) is 5.02 Å². The molecule has 2 aromatic rings. The molecule has 1 spiro atoms.